The third-order valence-corrected chi connectivity index (χ3v) is 3.27. The second kappa shape index (κ2) is 4.79. The number of Topliss-reactive ketones (excluding diaryl/α,β-unsaturated/α-hetero) is 1. The van der Waals surface area contributed by atoms with Crippen LogP contribution < -0.4 is 4.90 Å². The van der Waals surface area contributed by atoms with Crippen LogP contribution in [0.2, 0.25) is 5.15 Å². The Hall–Kier alpha value is -1.66. The first-order valence-corrected chi connectivity index (χ1v) is 6.42. The number of ether oxygens (including phenoxy) is 1. The van der Waals surface area contributed by atoms with Crippen molar-refractivity contribution in [2.24, 2.45) is 0 Å². The predicted molar refractivity (Wildman–Crippen MR) is 71.0 cm³/mol. The standard InChI is InChI=1S/C12H13ClN4O2/c1-8(18)9-7-17-12(14-9)10(6-11(13)15-17)16-2-4-19-5-3-16/h6-7H,2-5H2,1H3. The molecule has 100 valence electrons. The fourth-order valence-corrected chi connectivity index (χ4v) is 2.32. The Morgan fingerprint density at radius 3 is 2.84 bits per heavy atom. The lowest BCUT2D eigenvalue weighted by molar-refractivity contribution is 0.101. The van der Waals surface area contributed by atoms with Gasteiger partial charge in [-0.15, -0.1) is 0 Å². The van der Waals surface area contributed by atoms with Crippen molar-refractivity contribution in [3.8, 4) is 0 Å². The van der Waals surface area contributed by atoms with Crippen molar-refractivity contribution in [3.63, 3.8) is 0 Å². The molecule has 2 aromatic heterocycles. The number of hydrogen-bond acceptors (Lipinski definition) is 5. The summed E-state index contributed by atoms with van der Waals surface area (Å²) in [6, 6.07) is 1.78. The first-order chi connectivity index (χ1) is 9.15. The number of ketones is 1. The summed E-state index contributed by atoms with van der Waals surface area (Å²) in [5.74, 6) is -0.0884. The molecule has 0 aliphatic carbocycles. The minimum Gasteiger partial charge on any atom is -0.378 e. The van der Waals surface area contributed by atoms with Crippen LogP contribution >= 0.6 is 11.6 Å². The molecule has 0 N–H and O–H groups in total. The van der Waals surface area contributed by atoms with Gasteiger partial charge in [-0.25, -0.2) is 9.50 Å². The van der Waals surface area contributed by atoms with E-state index in [1.165, 1.54) is 6.92 Å². The SMILES string of the molecule is CC(=O)c1cn2nc(Cl)cc(N3CCOCC3)c2n1. The molecule has 0 spiro atoms. The van der Waals surface area contributed by atoms with Crippen molar-refractivity contribution < 1.29 is 9.53 Å². The van der Waals surface area contributed by atoms with Crippen molar-refractivity contribution in [3.05, 3.63) is 23.1 Å². The average Bonchev–Trinajstić information content (AvgIpc) is 2.82. The molecule has 0 radical (unpaired) electrons. The Kier molecular flexibility index (Phi) is 3.12. The molecular formula is C12H13ClN4O2. The topological polar surface area (TPSA) is 59.7 Å². The first-order valence-electron chi connectivity index (χ1n) is 6.05. The summed E-state index contributed by atoms with van der Waals surface area (Å²) < 4.78 is 6.89. The molecule has 0 atom stereocenters. The van der Waals surface area contributed by atoms with Gasteiger partial charge in [0.2, 0.25) is 0 Å². The molecule has 2 aromatic rings. The molecule has 0 bridgehead atoms. The van der Waals surface area contributed by atoms with E-state index in [9.17, 15) is 4.79 Å². The molecular weight excluding hydrogens is 268 g/mol. The molecule has 3 heterocycles. The molecule has 1 aliphatic heterocycles. The monoisotopic (exact) mass is 280 g/mol. The molecule has 1 fully saturated rings. The van der Waals surface area contributed by atoms with Gasteiger partial charge >= 0.3 is 0 Å². The third-order valence-electron chi connectivity index (χ3n) is 3.09. The number of morpholine rings is 1. The van der Waals surface area contributed by atoms with Crippen LogP contribution in [0.15, 0.2) is 12.3 Å². The molecule has 3 rings (SSSR count). The van der Waals surface area contributed by atoms with Gasteiger partial charge in [0.15, 0.2) is 16.6 Å². The highest BCUT2D eigenvalue weighted by molar-refractivity contribution is 6.29. The average molecular weight is 281 g/mol. The van der Waals surface area contributed by atoms with Crippen LogP contribution in [0.4, 0.5) is 5.69 Å². The van der Waals surface area contributed by atoms with Gasteiger partial charge in [-0.3, -0.25) is 4.79 Å². The third kappa shape index (κ3) is 2.29. The summed E-state index contributed by atoms with van der Waals surface area (Å²) >= 11 is 6.03. The van der Waals surface area contributed by atoms with Crippen LogP contribution in [0.25, 0.3) is 5.65 Å². The second-order valence-electron chi connectivity index (χ2n) is 4.40. The number of carbonyl (C=O) groups is 1. The summed E-state index contributed by atoms with van der Waals surface area (Å²) in [4.78, 5) is 17.9. The van der Waals surface area contributed by atoms with E-state index >= 15 is 0 Å². The molecule has 19 heavy (non-hydrogen) atoms. The van der Waals surface area contributed by atoms with Gasteiger partial charge in [0, 0.05) is 26.1 Å². The highest BCUT2D eigenvalue weighted by atomic mass is 35.5. The minimum atomic E-state index is -0.0884. The maximum atomic E-state index is 11.4. The Bertz CT molecular complexity index is 634. The number of nitrogens with zero attached hydrogens (tertiary/aromatic N) is 4. The molecule has 1 saturated heterocycles. The Morgan fingerprint density at radius 1 is 1.42 bits per heavy atom. The highest BCUT2D eigenvalue weighted by Gasteiger charge is 2.18. The highest BCUT2D eigenvalue weighted by Crippen LogP contribution is 2.24. The van der Waals surface area contributed by atoms with Crippen LogP contribution in [0.5, 0.6) is 0 Å². The molecule has 0 saturated carbocycles. The fraction of sp³-hybridized carbons (Fsp3) is 0.417. The normalized spacial score (nSPS) is 16.0. The van der Waals surface area contributed by atoms with Crippen molar-refractivity contribution in [2.75, 3.05) is 31.2 Å². The Balaban J connectivity index is 2.13. The van der Waals surface area contributed by atoms with Gasteiger partial charge in [-0.2, -0.15) is 5.10 Å². The molecule has 1 aliphatic rings. The van der Waals surface area contributed by atoms with Crippen molar-refractivity contribution in [1.82, 2.24) is 14.6 Å². The predicted octanol–water partition coefficient (Wildman–Crippen LogP) is 1.42. The van der Waals surface area contributed by atoms with E-state index in [0.717, 1.165) is 18.8 Å². The maximum Gasteiger partial charge on any atom is 0.179 e. The Labute approximate surface area is 114 Å². The van der Waals surface area contributed by atoms with E-state index in [1.807, 2.05) is 0 Å². The van der Waals surface area contributed by atoms with Gasteiger partial charge in [0.25, 0.3) is 0 Å². The van der Waals surface area contributed by atoms with Gasteiger partial charge in [0.05, 0.1) is 25.1 Å². The smallest absolute Gasteiger partial charge is 0.179 e. The van der Waals surface area contributed by atoms with Gasteiger partial charge in [-0.1, -0.05) is 11.6 Å². The molecule has 0 unspecified atom stereocenters. The largest absolute Gasteiger partial charge is 0.378 e. The molecule has 7 heteroatoms. The number of anilines is 1. The number of fused-ring (bicyclic) bond motifs is 1. The number of carbonyl (C=O) groups excluding carboxylic acids is 1. The summed E-state index contributed by atoms with van der Waals surface area (Å²) in [6.45, 7) is 4.38. The van der Waals surface area contributed by atoms with Crippen LogP contribution in [0.1, 0.15) is 17.4 Å². The van der Waals surface area contributed by atoms with E-state index in [0.29, 0.717) is 29.7 Å². The van der Waals surface area contributed by atoms with Crippen LogP contribution in [0.3, 0.4) is 0 Å². The van der Waals surface area contributed by atoms with E-state index in [4.69, 9.17) is 16.3 Å². The quantitative estimate of drug-likeness (QED) is 0.779. The van der Waals surface area contributed by atoms with Crippen LogP contribution in [0, 0.1) is 0 Å². The van der Waals surface area contributed by atoms with E-state index in [2.05, 4.69) is 15.0 Å². The minimum absolute atomic E-state index is 0.0884. The Morgan fingerprint density at radius 2 is 2.16 bits per heavy atom. The van der Waals surface area contributed by atoms with Gasteiger partial charge in [0.1, 0.15) is 5.69 Å². The fourth-order valence-electron chi connectivity index (χ4n) is 2.14. The number of hydrogen-bond donors (Lipinski definition) is 0. The summed E-state index contributed by atoms with van der Waals surface area (Å²) in [7, 11) is 0. The van der Waals surface area contributed by atoms with Crippen molar-refractivity contribution >= 4 is 28.7 Å². The number of rotatable bonds is 2. The van der Waals surface area contributed by atoms with Gasteiger partial charge < -0.3 is 9.64 Å². The van der Waals surface area contributed by atoms with E-state index < -0.39 is 0 Å². The lowest BCUT2D eigenvalue weighted by atomic mass is 10.3. The molecule has 6 nitrogen and oxygen atoms in total. The summed E-state index contributed by atoms with van der Waals surface area (Å²) in [6.07, 6.45) is 1.60. The van der Waals surface area contributed by atoms with Crippen molar-refractivity contribution in [2.45, 2.75) is 6.92 Å². The summed E-state index contributed by atoms with van der Waals surface area (Å²) in [5.41, 5.74) is 1.93. The number of aromatic nitrogens is 3. The zero-order valence-electron chi connectivity index (χ0n) is 10.5. The van der Waals surface area contributed by atoms with Crippen LogP contribution in [-0.4, -0.2) is 46.7 Å². The van der Waals surface area contributed by atoms with Gasteiger partial charge in [-0.05, 0) is 0 Å². The second-order valence-corrected chi connectivity index (χ2v) is 4.79. The van der Waals surface area contributed by atoms with E-state index in [1.54, 1.807) is 16.8 Å². The summed E-state index contributed by atoms with van der Waals surface area (Å²) in [5, 5.41) is 4.52. The maximum absolute atomic E-state index is 11.4. The number of halogens is 1. The van der Waals surface area contributed by atoms with E-state index in [-0.39, 0.29) is 5.78 Å². The van der Waals surface area contributed by atoms with Crippen LogP contribution in [-0.2, 0) is 4.74 Å². The first kappa shape index (κ1) is 12.4. The molecule has 0 aromatic carbocycles. The zero-order valence-corrected chi connectivity index (χ0v) is 11.2. The number of imidazole rings is 1. The lowest BCUT2D eigenvalue weighted by Crippen LogP contribution is -2.36. The molecule has 0 amide bonds. The van der Waals surface area contributed by atoms with Crippen molar-refractivity contribution in [1.29, 1.82) is 0 Å². The zero-order chi connectivity index (χ0) is 13.4. The lowest BCUT2D eigenvalue weighted by Gasteiger charge is -2.28.